The van der Waals surface area contributed by atoms with Gasteiger partial charge in [0.25, 0.3) is 0 Å². The van der Waals surface area contributed by atoms with Gasteiger partial charge in [-0.15, -0.1) is 11.3 Å². The normalized spacial score (nSPS) is 25.8. The molecule has 1 aliphatic heterocycles. The quantitative estimate of drug-likeness (QED) is 0.845. The molecule has 1 nitrogen and oxygen atoms in total. The highest BCUT2D eigenvalue weighted by molar-refractivity contribution is 9.10. The molecule has 17 heavy (non-hydrogen) atoms. The zero-order chi connectivity index (χ0) is 12.1. The summed E-state index contributed by atoms with van der Waals surface area (Å²) in [5.41, 5.74) is 0.371. The van der Waals surface area contributed by atoms with Crippen molar-refractivity contribution in [2.45, 2.75) is 57.4 Å². The van der Waals surface area contributed by atoms with Gasteiger partial charge < -0.3 is 5.32 Å². The monoisotopic (exact) mass is 315 g/mol. The maximum Gasteiger partial charge on any atom is 0.0285 e. The van der Waals surface area contributed by atoms with E-state index in [-0.39, 0.29) is 0 Å². The fraction of sp³-hybridized carbons (Fsp3) is 0.714. The molecule has 0 amide bonds. The largest absolute Gasteiger partial charge is 0.311 e. The van der Waals surface area contributed by atoms with Crippen molar-refractivity contribution < 1.29 is 0 Å². The average Bonchev–Trinajstić information content (AvgIpc) is 2.57. The lowest BCUT2D eigenvalue weighted by molar-refractivity contribution is 0.290. The predicted molar refractivity (Wildman–Crippen MR) is 79.8 cm³/mol. The molecule has 1 aromatic rings. The van der Waals surface area contributed by atoms with Gasteiger partial charge in [0.05, 0.1) is 0 Å². The van der Waals surface area contributed by atoms with Gasteiger partial charge in [0.1, 0.15) is 0 Å². The van der Waals surface area contributed by atoms with E-state index in [1.807, 2.05) is 11.3 Å². The van der Waals surface area contributed by atoms with Gasteiger partial charge in [-0.25, -0.2) is 0 Å². The van der Waals surface area contributed by atoms with Gasteiger partial charge in [0.2, 0.25) is 0 Å². The maximum atomic E-state index is 3.85. The highest BCUT2D eigenvalue weighted by Crippen LogP contribution is 2.31. The molecule has 0 aromatic carbocycles. The minimum absolute atomic E-state index is 0.371. The molecule has 2 heterocycles. The minimum atomic E-state index is 0.371. The van der Waals surface area contributed by atoms with Crippen molar-refractivity contribution in [3.05, 3.63) is 20.8 Å². The lowest BCUT2D eigenvalue weighted by atomic mass is 9.85. The second kappa shape index (κ2) is 6.35. The van der Waals surface area contributed by atoms with Crippen LogP contribution in [0, 0.1) is 0 Å². The zero-order valence-electron chi connectivity index (χ0n) is 10.6. The summed E-state index contributed by atoms with van der Waals surface area (Å²) < 4.78 is 1.23. The van der Waals surface area contributed by atoms with E-state index in [0.717, 1.165) is 0 Å². The number of hydrogen-bond acceptors (Lipinski definition) is 2. The smallest absolute Gasteiger partial charge is 0.0285 e. The molecule has 1 N–H and O–H groups in total. The van der Waals surface area contributed by atoms with E-state index in [0.29, 0.717) is 5.54 Å². The highest BCUT2D eigenvalue weighted by atomic mass is 79.9. The van der Waals surface area contributed by atoms with Gasteiger partial charge in [0, 0.05) is 20.3 Å². The summed E-state index contributed by atoms with van der Waals surface area (Å²) in [5.74, 6) is 0. The molecule has 1 aromatic heterocycles. The molecular weight excluding hydrogens is 294 g/mol. The summed E-state index contributed by atoms with van der Waals surface area (Å²) in [7, 11) is 0. The van der Waals surface area contributed by atoms with Crippen LogP contribution in [0.4, 0.5) is 0 Å². The fourth-order valence-electron chi connectivity index (χ4n) is 2.92. The first-order chi connectivity index (χ1) is 8.24. The molecule has 3 heteroatoms. The van der Waals surface area contributed by atoms with Crippen LogP contribution in [0.15, 0.2) is 15.9 Å². The first kappa shape index (κ1) is 13.6. The molecule has 0 radical (unpaired) electrons. The second-order valence-electron chi connectivity index (χ2n) is 5.18. The Morgan fingerprint density at radius 2 is 2.29 bits per heavy atom. The van der Waals surface area contributed by atoms with Crippen molar-refractivity contribution in [3.63, 3.8) is 0 Å². The van der Waals surface area contributed by atoms with Crippen molar-refractivity contribution in [1.82, 2.24) is 5.32 Å². The Morgan fingerprint density at radius 1 is 1.41 bits per heavy atom. The third-order valence-corrected chi connectivity index (χ3v) is 5.39. The van der Waals surface area contributed by atoms with E-state index >= 15 is 0 Å². The highest BCUT2D eigenvalue weighted by Gasteiger charge is 2.30. The lowest BCUT2D eigenvalue weighted by Crippen LogP contribution is -2.46. The summed E-state index contributed by atoms with van der Waals surface area (Å²) in [4.78, 5) is 1.51. The van der Waals surface area contributed by atoms with Gasteiger partial charge in [0.15, 0.2) is 0 Å². The van der Waals surface area contributed by atoms with Crippen LogP contribution >= 0.6 is 27.3 Å². The Kier molecular flexibility index (Phi) is 5.07. The summed E-state index contributed by atoms with van der Waals surface area (Å²) in [6.07, 6.45) is 9.27. The molecule has 96 valence electrons. The van der Waals surface area contributed by atoms with Gasteiger partial charge in [-0.05, 0) is 54.2 Å². The van der Waals surface area contributed by atoms with Crippen molar-refractivity contribution in [1.29, 1.82) is 0 Å². The molecule has 1 fully saturated rings. The van der Waals surface area contributed by atoms with Gasteiger partial charge in [-0.2, -0.15) is 0 Å². The molecule has 0 aliphatic carbocycles. The van der Waals surface area contributed by atoms with Crippen LogP contribution in [0.3, 0.4) is 0 Å². The predicted octanol–water partition coefficient (Wildman–Crippen LogP) is 4.76. The summed E-state index contributed by atoms with van der Waals surface area (Å²) in [6, 6.07) is 2.29. The van der Waals surface area contributed by atoms with Crippen LogP contribution in [0.5, 0.6) is 0 Å². The molecule has 1 unspecified atom stereocenters. The van der Waals surface area contributed by atoms with Crippen molar-refractivity contribution >= 4 is 27.3 Å². The third kappa shape index (κ3) is 3.80. The number of thiophene rings is 1. The number of rotatable bonds is 4. The first-order valence-corrected chi connectivity index (χ1v) is 8.39. The van der Waals surface area contributed by atoms with Gasteiger partial charge >= 0.3 is 0 Å². The second-order valence-corrected chi connectivity index (χ2v) is 7.09. The Morgan fingerprint density at radius 3 is 3.00 bits per heavy atom. The first-order valence-electron chi connectivity index (χ1n) is 6.72. The van der Waals surface area contributed by atoms with Gasteiger partial charge in [-0.3, -0.25) is 0 Å². The summed E-state index contributed by atoms with van der Waals surface area (Å²) in [5, 5.41) is 6.05. The molecular formula is C14H22BrNS. The van der Waals surface area contributed by atoms with E-state index < -0.39 is 0 Å². The Hall–Kier alpha value is 0.140. The van der Waals surface area contributed by atoms with Crippen molar-refractivity contribution in [2.75, 3.05) is 6.54 Å². The van der Waals surface area contributed by atoms with E-state index in [1.54, 1.807) is 0 Å². The molecule has 0 bridgehead atoms. The topological polar surface area (TPSA) is 12.0 Å². The van der Waals surface area contributed by atoms with E-state index in [1.165, 1.54) is 60.8 Å². The average molecular weight is 316 g/mol. The van der Waals surface area contributed by atoms with Crippen molar-refractivity contribution in [3.8, 4) is 0 Å². The Labute approximate surface area is 117 Å². The van der Waals surface area contributed by atoms with E-state index in [4.69, 9.17) is 0 Å². The molecule has 0 saturated carbocycles. The summed E-state index contributed by atoms with van der Waals surface area (Å²) in [6.45, 7) is 3.51. The Bertz CT molecular complexity index is 340. The van der Waals surface area contributed by atoms with Crippen LogP contribution < -0.4 is 5.32 Å². The molecule has 2 rings (SSSR count). The number of nitrogens with one attached hydrogen (secondary N) is 1. The van der Waals surface area contributed by atoms with Crippen LogP contribution in [0.25, 0.3) is 0 Å². The minimum Gasteiger partial charge on any atom is -0.311 e. The van der Waals surface area contributed by atoms with Crippen LogP contribution in [-0.2, 0) is 6.42 Å². The molecule has 0 spiro atoms. The SMILES string of the molecule is CCCC1(Cc2cc(Br)cs2)CCCCCN1. The van der Waals surface area contributed by atoms with E-state index in [9.17, 15) is 0 Å². The zero-order valence-corrected chi connectivity index (χ0v) is 13.0. The number of halogens is 1. The van der Waals surface area contributed by atoms with Gasteiger partial charge in [-0.1, -0.05) is 26.2 Å². The molecule has 1 atom stereocenters. The fourth-order valence-corrected chi connectivity index (χ4v) is 4.51. The lowest BCUT2D eigenvalue weighted by Gasteiger charge is -2.33. The van der Waals surface area contributed by atoms with E-state index in [2.05, 4.69) is 39.6 Å². The summed E-state index contributed by atoms with van der Waals surface area (Å²) >= 11 is 5.45. The third-order valence-electron chi connectivity index (χ3n) is 3.70. The van der Waals surface area contributed by atoms with Crippen LogP contribution in [-0.4, -0.2) is 12.1 Å². The maximum absolute atomic E-state index is 3.85. The molecule has 1 aliphatic rings. The number of hydrogen-bond donors (Lipinski definition) is 1. The Balaban J connectivity index is 2.09. The van der Waals surface area contributed by atoms with Crippen molar-refractivity contribution in [2.24, 2.45) is 0 Å². The van der Waals surface area contributed by atoms with Crippen LogP contribution in [0.2, 0.25) is 0 Å². The van der Waals surface area contributed by atoms with Crippen LogP contribution in [0.1, 0.15) is 50.3 Å². The standard InChI is InChI=1S/C14H22BrNS/c1-2-6-14(7-4-3-5-8-16-14)10-13-9-12(15)11-17-13/h9,11,16H,2-8,10H2,1H3. The molecule has 1 saturated heterocycles.